The molecular formula is C18H19BrO2Si. The molecule has 114 valence electrons. The van der Waals surface area contributed by atoms with Gasteiger partial charge in [-0.3, -0.25) is 0 Å². The van der Waals surface area contributed by atoms with Crippen molar-refractivity contribution < 1.29 is 9.47 Å². The molecule has 4 rings (SSSR count). The largest absolute Gasteiger partial charge is 0.454 e. The molecule has 4 heteroatoms. The van der Waals surface area contributed by atoms with Gasteiger partial charge in [-0.1, -0.05) is 48.2 Å². The van der Waals surface area contributed by atoms with Gasteiger partial charge in [0.05, 0.1) is 12.5 Å². The average molecular weight is 375 g/mol. The van der Waals surface area contributed by atoms with Gasteiger partial charge in [-0.2, -0.15) is 0 Å². The molecule has 3 aliphatic rings. The lowest BCUT2D eigenvalue weighted by atomic mass is 10.1. The van der Waals surface area contributed by atoms with Crippen LogP contribution in [0.5, 0.6) is 11.5 Å². The van der Waals surface area contributed by atoms with Gasteiger partial charge in [-0.25, -0.2) is 0 Å². The van der Waals surface area contributed by atoms with Crippen LogP contribution >= 0.6 is 15.9 Å². The second-order valence-electron chi connectivity index (χ2n) is 6.79. The Labute approximate surface area is 140 Å². The normalized spacial score (nSPS) is 21.9. The fourth-order valence-corrected chi connectivity index (χ4v) is 8.48. The summed E-state index contributed by atoms with van der Waals surface area (Å²) in [6.45, 7) is 7.56. The highest BCUT2D eigenvalue weighted by atomic mass is 79.9. The van der Waals surface area contributed by atoms with Crippen molar-refractivity contribution in [2.45, 2.75) is 32.0 Å². The maximum atomic E-state index is 5.64. The predicted octanol–water partition coefficient (Wildman–Crippen LogP) is 5.35. The second kappa shape index (κ2) is 4.87. The highest BCUT2D eigenvalue weighted by molar-refractivity contribution is 9.10. The predicted molar refractivity (Wildman–Crippen MR) is 96.0 cm³/mol. The summed E-state index contributed by atoms with van der Waals surface area (Å²) in [5.41, 5.74) is 4.65. The first kappa shape index (κ1) is 14.3. The van der Waals surface area contributed by atoms with E-state index in [4.69, 9.17) is 9.47 Å². The van der Waals surface area contributed by atoms with Gasteiger partial charge in [0.2, 0.25) is 6.79 Å². The quantitative estimate of drug-likeness (QED) is 0.649. The zero-order valence-corrected chi connectivity index (χ0v) is 15.7. The molecule has 1 heterocycles. The Hall–Kier alpha value is -1.26. The van der Waals surface area contributed by atoms with Crippen LogP contribution < -0.4 is 9.47 Å². The topological polar surface area (TPSA) is 18.5 Å². The van der Waals surface area contributed by atoms with Crippen LogP contribution in [-0.4, -0.2) is 14.9 Å². The van der Waals surface area contributed by atoms with Gasteiger partial charge >= 0.3 is 0 Å². The average Bonchev–Trinajstić information content (AvgIpc) is 3.16. The van der Waals surface area contributed by atoms with Crippen molar-refractivity contribution in [3.63, 3.8) is 0 Å². The van der Waals surface area contributed by atoms with Gasteiger partial charge < -0.3 is 9.47 Å². The van der Waals surface area contributed by atoms with Crippen molar-refractivity contribution in [3.8, 4) is 11.5 Å². The molecule has 0 saturated carbocycles. The minimum atomic E-state index is -1.59. The molecule has 0 fully saturated rings. The number of fused-ring (bicyclic) bond motifs is 2. The molecule has 0 spiro atoms. The van der Waals surface area contributed by atoms with Gasteiger partial charge in [-0.05, 0) is 46.5 Å². The monoisotopic (exact) mass is 374 g/mol. The van der Waals surface area contributed by atoms with E-state index in [9.17, 15) is 0 Å². The molecule has 1 aliphatic heterocycles. The molecule has 0 N–H and O–H groups in total. The van der Waals surface area contributed by atoms with Gasteiger partial charge in [0.1, 0.15) is 0 Å². The van der Waals surface area contributed by atoms with Crippen LogP contribution in [-0.2, 0) is 0 Å². The lowest BCUT2D eigenvalue weighted by Gasteiger charge is -2.33. The summed E-state index contributed by atoms with van der Waals surface area (Å²) >= 11 is 3.73. The molecular weight excluding hydrogens is 356 g/mol. The van der Waals surface area contributed by atoms with Crippen molar-refractivity contribution in [1.82, 2.24) is 0 Å². The number of rotatable bonds is 2. The Bertz CT molecular complexity index is 759. The van der Waals surface area contributed by atoms with E-state index in [0.29, 0.717) is 12.3 Å². The third-order valence-corrected chi connectivity index (χ3v) is 10.2. The highest BCUT2D eigenvalue weighted by Crippen LogP contribution is 2.53. The minimum absolute atomic E-state index is 0.320. The number of hydrogen-bond donors (Lipinski definition) is 0. The third kappa shape index (κ3) is 1.90. The Morgan fingerprint density at radius 3 is 2.82 bits per heavy atom. The molecule has 1 aromatic carbocycles. The van der Waals surface area contributed by atoms with Gasteiger partial charge in [-0.15, -0.1) is 0 Å². The maximum absolute atomic E-state index is 5.64. The molecule has 0 saturated heterocycles. The molecule has 0 aromatic heterocycles. The fraction of sp³-hybridized carbons (Fsp3) is 0.333. The van der Waals surface area contributed by atoms with Crippen LogP contribution in [0.4, 0.5) is 0 Å². The zero-order chi connectivity index (χ0) is 15.5. The van der Waals surface area contributed by atoms with E-state index < -0.39 is 8.07 Å². The molecule has 0 bridgehead atoms. The van der Waals surface area contributed by atoms with Crippen LogP contribution in [0.15, 0.2) is 39.5 Å². The van der Waals surface area contributed by atoms with Crippen molar-refractivity contribution >= 4 is 30.1 Å². The first-order valence-electron chi connectivity index (χ1n) is 7.66. The van der Waals surface area contributed by atoms with Crippen molar-refractivity contribution in [1.29, 1.82) is 0 Å². The van der Waals surface area contributed by atoms with E-state index in [0.717, 1.165) is 22.4 Å². The Kier molecular flexibility index (Phi) is 3.17. The van der Waals surface area contributed by atoms with Gasteiger partial charge in [0, 0.05) is 5.54 Å². The first-order valence-corrected chi connectivity index (χ1v) is 11.5. The van der Waals surface area contributed by atoms with E-state index in [1.165, 1.54) is 16.7 Å². The van der Waals surface area contributed by atoms with Gasteiger partial charge in [0.15, 0.2) is 11.5 Å². The third-order valence-electron chi connectivity index (χ3n) is 5.13. The maximum Gasteiger partial charge on any atom is 0.231 e. The molecule has 22 heavy (non-hydrogen) atoms. The van der Waals surface area contributed by atoms with E-state index >= 15 is 0 Å². The van der Waals surface area contributed by atoms with Crippen molar-refractivity contribution in [3.05, 3.63) is 50.7 Å². The standard InChI is InChI=1S/C18H19BrO2Si/c1-11-8-13-14(9-15-17(16(13)19)21-10-20-15)18(11)22(2,3)12-6-4-5-7-12/h4-6,8-9,18H,7,10H2,1-3H3. The summed E-state index contributed by atoms with van der Waals surface area (Å²) in [6.07, 6.45) is 10.2. The summed E-state index contributed by atoms with van der Waals surface area (Å²) in [6, 6.07) is 2.21. The summed E-state index contributed by atoms with van der Waals surface area (Å²) in [5.74, 6) is 1.73. The summed E-state index contributed by atoms with van der Waals surface area (Å²) in [7, 11) is -1.59. The smallest absolute Gasteiger partial charge is 0.231 e. The molecule has 1 atom stereocenters. The molecule has 1 aromatic rings. The van der Waals surface area contributed by atoms with Crippen LogP contribution in [0, 0.1) is 0 Å². The van der Waals surface area contributed by atoms with Crippen molar-refractivity contribution in [2.75, 3.05) is 6.79 Å². The van der Waals surface area contributed by atoms with E-state index in [2.05, 4.69) is 66.3 Å². The van der Waals surface area contributed by atoms with E-state index in [-0.39, 0.29) is 0 Å². The first-order chi connectivity index (χ1) is 10.5. The minimum Gasteiger partial charge on any atom is -0.454 e. The lowest BCUT2D eigenvalue weighted by Crippen LogP contribution is -2.37. The Morgan fingerprint density at radius 1 is 1.27 bits per heavy atom. The molecule has 2 nitrogen and oxygen atoms in total. The second-order valence-corrected chi connectivity index (χ2v) is 12.3. The fourth-order valence-electron chi connectivity index (χ4n) is 4.05. The number of hydrogen-bond acceptors (Lipinski definition) is 2. The van der Waals surface area contributed by atoms with Crippen LogP contribution in [0.1, 0.15) is 30.0 Å². The van der Waals surface area contributed by atoms with Gasteiger partial charge in [0.25, 0.3) is 0 Å². The lowest BCUT2D eigenvalue weighted by molar-refractivity contribution is 0.173. The molecule has 2 aliphatic carbocycles. The molecule has 1 unspecified atom stereocenters. The molecule has 0 radical (unpaired) electrons. The SMILES string of the molecule is CC1=Cc2c(cc3c(c2Br)OCO3)C1[Si](C)(C)C1=CC=CC1. The summed E-state index contributed by atoms with van der Waals surface area (Å²) in [5, 5.41) is 1.63. The number of benzene rings is 1. The van der Waals surface area contributed by atoms with E-state index in [1.807, 2.05) is 0 Å². The zero-order valence-electron chi connectivity index (χ0n) is 13.1. The van der Waals surface area contributed by atoms with Crippen LogP contribution in [0.2, 0.25) is 13.1 Å². The number of halogens is 1. The summed E-state index contributed by atoms with van der Waals surface area (Å²) in [4.78, 5) is 0. The molecule has 0 amide bonds. The van der Waals surface area contributed by atoms with Crippen LogP contribution in [0.3, 0.4) is 0 Å². The number of ether oxygens (including phenoxy) is 2. The van der Waals surface area contributed by atoms with E-state index in [1.54, 1.807) is 5.20 Å². The number of allylic oxidation sites excluding steroid dienone is 5. The Balaban J connectivity index is 1.85. The Morgan fingerprint density at radius 2 is 2.09 bits per heavy atom. The van der Waals surface area contributed by atoms with Crippen molar-refractivity contribution in [2.24, 2.45) is 0 Å². The summed E-state index contributed by atoms with van der Waals surface area (Å²) < 4.78 is 12.3. The van der Waals surface area contributed by atoms with Crippen LogP contribution in [0.25, 0.3) is 6.08 Å². The highest BCUT2D eigenvalue weighted by Gasteiger charge is 2.42.